The minimum atomic E-state index is -0.162. The van der Waals surface area contributed by atoms with Crippen molar-refractivity contribution >= 4 is 28.6 Å². The highest BCUT2D eigenvalue weighted by atomic mass is 32.2. The molecular formula is C22H20N4OS. The largest absolute Gasteiger partial charge is 0.366 e. The molecule has 5 nitrogen and oxygen atoms in total. The number of anilines is 1. The first kappa shape index (κ1) is 17.1. The van der Waals surface area contributed by atoms with Gasteiger partial charge in [-0.2, -0.15) is 0 Å². The Morgan fingerprint density at radius 2 is 1.96 bits per heavy atom. The Kier molecular flexibility index (Phi) is 4.41. The summed E-state index contributed by atoms with van der Waals surface area (Å²) in [5.74, 6) is 1.11. The standard InChI is InChI=1S/C22H20N4OS/c27-22-24-21-18(8-4-11-23-21)26(22)17-9-10-20-19(14-17)25(12-5-13-28-20)15-16-6-2-1-3-7-16/h1-4,6-11,14H,5,12-13,15H2,(H,23,24,27). The number of hydrogen-bond donors (Lipinski definition) is 1. The van der Waals surface area contributed by atoms with E-state index in [-0.39, 0.29) is 5.69 Å². The molecule has 0 unspecified atom stereocenters. The molecule has 1 aliphatic heterocycles. The second kappa shape index (κ2) is 7.20. The molecule has 2 aromatic heterocycles. The highest BCUT2D eigenvalue weighted by molar-refractivity contribution is 7.99. The van der Waals surface area contributed by atoms with Crippen molar-refractivity contribution in [2.45, 2.75) is 17.9 Å². The molecule has 0 fully saturated rings. The first-order valence-corrected chi connectivity index (χ1v) is 10.4. The predicted molar refractivity (Wildman–Crippen MR) is 115 cm³/mol. The maximum Gasteiger partial charge on any atom is 0.332 e. The van der Waals surface area contributed by atoms with E-state index in [0.717, 1.165) is 36.5 Å². The van der Waals surface area contributed by atoms with Crippen molar-refractivity contribution in [3.63, 3.8) is 0 Å². The number of aromatic amines is 1. The summed E-state index contributed by atoms with van der Waals surface area (Å²) in [4.78, 5) is 23.4. The number of nitrogens with zero attached hydrogens (tertiary/aromatic N) is 3. The second-order valence-corrected chi connectivity index (χ2v) is 8.03. The summed E-state index contributed by atoms with van der Waals surface area (Å²) in [7, 11) is 0. The van der Waals surface area contributed by atoms with Crippen LogP contribution in [0, 0.1) is 0 Å². The maximum absolute atomic E-state index is 12.6. The van der Waals surface area contributed by atoms with Gasteiger partial charge in [0, 0.05) is 24.2 Å². The Balaban J connectivity index is 1.61. The van der Waals surface area contributed by atoms with Crippen LogP contribution in [0.3, 0.4) is 0 Å². The first-order valence-electron chi connectivity index (χ1n) is 9.41. The lowest BCUT2D eigenvalue weighted by Crippen LogP contribution is -2.24. The van der Waals surface area contributed by atoms with E-state index in [2.05, 4.69) is 51.3 Å². The molecular weight excluding hydrogens is 368 g/mol. The summed E-state index contributed by atoms with van der Waals surface area (Å²) in [6, 6.07) is 20.6. The van der Waals surface area contributed by atoms with Crippen LogP contribution in [-0.2, 0) is 6.54 Å². The molecule has 0 radical (unpaired) electrons. The Morgan fingerprint density at radius 3 is 2.86 bits per heavy atom. The quantitative estimate of drug-likeness (QED) is 0.571. The lowest BCUT2D eigenvalue weighted by Gasteiger charge is -2.25. The number of hydrogen-bond acceptors (Lipinski definition) is 4. The zero-order valence-electron chi connectivity index (χ0n) is 15.3. The first-order chi connectivity index (χ1) is 13.8. The van der Waals surface area contributed by atoms with Gasteiger partial charge in [0.1, 0.15) is 0 Å². The minimum absolute atomic E-state index is 0.162. The van der Waals surface area contributed by atoms with Gasteiger partial charge < -0.3 is 4.90 Å². The van der Waals surface area contributed by atoms with Gasteiger partial charge in [0.2, 0.25) is 0 Å². The average molecular weight is 388 g/mol. The third-order valence-electron chi connectivity index (χ3n) is 5.04. The lowest BCUT2D eigenvalue weighted by molar-refractivity contribution is 0.771. The molecule has 3 heterocycles. The number of nitrogens with one attached hydrogen (secondary N) is 1. The van der Waals surface area contributed by atoms with Crippen LogP contribution in [0.1, 0.15) is 12.0 Å². The van der Waals surface area contributed by atoms with E-state index in [1.54, 1.807) is 10.8 Å². The highest BCUT2D eigenvalue weighted by Crippen LogP contribution is 2.36. The highest BCUT2D eigenvalue weighted by Gasteiger charge is 2.18. The topological polar surface area (TPSA) is 53.9 Å². The summed E-state index contributed by atoms with van der Waals surface area (Å²) in [5.41, 5.74) is 4.59. The van der Waals surface area contributed by atoms with Crippen LogP contribution in [0.5, 0.6) is 0 Å². The predicted octanol–water partition coefficient (Wildman–Crippen LogP) is 4.22. The van der Waals surface area contributed by atoms with Gasteiger partial charge in [-0.05, 0) is 48.1 Å². The molecule has 5 rings (SSSR count). The van der Waals surface area contributed by atoms with Gasteiger partial charge in [-0.3, -0.25) is 9.55 Å². The van der Waals surface area contributed by atoms with Crippen molar-refractivity contribution < 1.29 is 0 Å². The number of H-pyrrole nitrogens is 1. The second-order valence-electron chi connectivity index (χ2n) is 6.90. The normalized spacial score (nSPS) is 14.1. The van der Waals surface area contributed by atoms with Crippen LogP contribution in [0.4, 0.5) is 5.69 Å². The zero-order chi connectivity index (χ0) is 18.9. The summed E-state index contributed by atoms with van der Waals surface area (Å²) in [6.07, 6.45) is 2.83. The van der Waals surface area contributed by atoms with E-state index in [4.69, 9.17) is 0 Å². The van der Waals surface area contributed by atoms with Crippen LogP contribution in [0.2, 0.25) is 0 Å². The van der Waals surface area contributed by atoms with Crippen molar-refractivity contribution in [1.82, 2.24) is 14.5 Å². The number of thioether (sulfide) groups is 1. The maximum atomic E-state index is 12.6. The van der Waals surface area contributed by atoms with Gasteiger partial charge in [0.05, 0.1) is 16.9 Å². The fourth-order valence-electron chi connectivity index (χ4n) is 3.74. The van der Waals surface area contributed by atoms with Crippen LogP contribution in [0.25, 0.3) is 16.9 Å². The Bertz CT molecular complexity index is 1180. The molecule has 28 heavy (non-hydrogen) atoms. The fourth-order valence-corrected chi connectivity index (χ4v) is 4.73. The molecule has 140 valence electrons. The number of imidazole rings is 1. The smallest absolute Gasteiger partial charge is 0.332 e. The average Bonchev–Trinajstić information content (AvgIpc) is 2.94. The van der Waals surface area contributed by atoms with Gasteiger partial charge in [0.15, 0.2) is 5.65 Å². The van der Waals surface area contributed by atoms with Crippen molar-refractivity contribution in [3.8, 4) is 5.69 Å². The van der Waals surface area contributed by atoms with Crippen molar-refractivity contribution in [1.29, 1.82) is 0 Å². The number of fused-ring (bicyclic) bond motifs is 2. The molecule has 0 aliphatic carbocycles. The number of aromatic nitrogens is 3. The van der Waals surface area contributed by atoms with Gasteiger partial charge in [-0.15, -0.1) is 11.8 Å². The minimum Gasteiger partial charge on any atom is -0.366 e. The van der Waals surface area contributed by atoms with Gasteiger partial charge in [-0.1, -0.05) is 30.3 Å². The lowest BCUT2D eigenvalue weighted by atomic mass is 10.1. The third kappa shape index (κ3) is 3.10. The molecule has 0 amide bonds. The molecule has 1 aliphatic rings. The van der Waals surface area contributed by atoms with Crippen molar-refractivity contribution in [3.05, 3.63) is 82.9 Å². The SMILES string of the molecule is O=c1[nH]c2ncccc2n1-c1ccc2c(c1)N(Cc1ccccc1)CCCS2. The summed E-state index contributed by atoms with van der Waals surface area (Å²) < 4.78 is 1.71. The van der Waals surface area contributed by atoms with E-state index in [0.29, 0.717) is 5.65 Å². The van der Waals surface area contributed by atoms with Gasteiger partial charge in [0.25, 0.3) is 0 Å². The van der Waals surface area contributed by atoms with Crippen LogP contribution in [0.15, 0.2) is 76.6 Å². The van der Waals surface area contributed by atoms with Crippen molar-refractivity contribution in [2.75, 3.05) is 17.2 Å². The molecule has 6 heteroatoms. The van der Waals surface area contributed by atoms with Gasteiger partial charge >= 0.3 is 5.69 Å². The molecule has 2 aromatic carbocycles. The number of pyridine rings is 1. The van der Waals surface area contributed by atoms with Crippen LogP contribution < -0.4 is 10.6 Å². The molecule has 0 spiro atoms. The number of rotatable bonds is 3. The van der Waals surface area contributed by atoms with E-state index < -0.39 is 0 Å². The molecule has 0 bridgehead atoms. The van der Waals surface area contributed by atoms with E-state index in [9.17, 15) is 4.79 Å². The summed E-state index contributed by atoms with van der Waals surface area (Å²) in [6.45, 7) is 1.87. The van der Waals surface area contributed by atoms with Gasteiger partial charge in [-0.25, -0.2) is 9.78 Å². The van der Waals surface area contributed by atoms with Crippen LogP contribution in [-0.4, -0.2) is 26.8 Å². The molecule has 0 atom stereocenters. The monoisotopic (exact) mass is 388 g/mol. The Labute approximate surface area is 167 Å². The molecule has 0 saturated carbocycles. The molecule has 0 saturated heterocycles. The number of benzene rings is 2. The van der Waals surface area contributed by atoms with E-state index >= 15 is 0 Å². The van der Waals surface area contributed by atoms with Crippen molar-refractivity contribution in [2.24, 2.45) is 0 Å². The zero-order valence-corrected chi connectivity index (χ0v) is 16.2. The summed E-state index contributed by atoms with van der Waals surface area (Å²) in [5, 5.41) is 0. The third-order valence-corrected chi connectivity index (χ3v) is 6.19. The van der Waals surface area contributed by atoms with Crippen LogP contribution >= 0.6 is 11.8 Å². The van der Waals surface area contributed by atoms with E-state index in [1.165, 1.54) is 16.1 Å². The van der Waals surface area contributed by atoms with E-state index in [1.807, 2.05) is 36.0 Å². The Hall–Kier alpha value is -2.99. The summed E-state index contributed by atoms with van der Waals surface area (Å²) >= 11 is 1.89. The Morgan fingerprint density at radius 1 is 1.07 bits per heavy atom. The fraction of sp³-hybridized carbons (Fsp3) is 0.182. The molecule has 4 aromatic rings. The molecule has 1 N–H and O–H groups in total.